The van der Waals surface area contributed by atoms with Crippen molar-refractivity contribution in [1.82, 2.24) is 4.90 Å². The van der Waals surface area contributed by atoms with Crippen LogP contribution in [-0.2, 0) is 11.0 Å². The predicted molar refractivity (Wildman–Crippen MR) is 77.8 cm³/mol. The van der Waals surface area contributed by atoms with Crippen LogP contribution in [0.4, 0.5) is 13.2 Å². The zero-order valence-electron chi connectivity index (χ0n) is 12.2. The Morgan fingerprint density at radius 2 is 2.00 bits per heavy atom. The van der Waals surface area contributed by atoms with Gasteiger partial charge in [-0.25, -0.2) is 0 Å². The molecular formula is C17H16F3NO. The van der Waals surface area contributed by atoms with Gasteiger partial charge in [-0.2, -0.15) is 13.2 Å². The number of likely N-dealkylation sites (tertiary alicyclic amines) is 1. The summed E-state index contributed by atoms with van der Waals surface area (Å²) < 4.78 is 37.4. The number of amides is 1. The molecule has 22 heavy (non-hydrogen) atoms. The Balaban J connectivity index is 2.10. The Morgan fingerprint density at radius 3 is 2.55 bits per heavy atom. The summed E-state index contributed by atoms with van der Waals surface area (Å²) in [4.78, 5) is 13.2. The van der Waals surface area contributed by atoms with E-state index in [-0.39, 0.29) is 11.3 Å². The van der Waals surface area contributed by atoms with E-state index in [1.807, 2.05) is 6.92 Å². The molecule has 0 radical (unpaired) electrons. The molecule has 1 atom stereocenters. The standard InChI is InChI=1S/C17H16F3NO/c1-3-15(22)21-11-10-16(2,12-21)9-8-13-4-6-14(7-5-13)17(18,19)20/h3-7H,1,10-12H2,2H3. The Hall–Kier alpha value is -2.22. The molecule has 1 heterocycles. The molecular weight excluding hydrogens is 291 g/mol. The molecule has 1 aromatic carbocycles. The van der Waals surface area contributed by atoms with Crippen molar-refractivity contribution in [2.75, 3.05) is 13.1 Å². The van der Waals surface area contributed by atoms with Crippen LogP contribution >= 0.6 is 0 Å². The van der Waals surface area contributed by atoms with Gasteiger partial charge in [0.1, 0.15) is 0 Å². The highest BCUT2D eigenvalue weighted by molar-refractivity contribution is 5.87. The normalized spacial score (nSPS) is 21.2. The number of halogens is 3. The van der Waals surface area contributed by atoms with Crippen molar-refractivity contribution in [3.05, 3.63) is 48.0 Å². The Morgan fingerprint density at radius 1 is 1.36 bits per heavy atom. The van der Waals surface area contributed by atoms with Crippen molar-refractivity contribution in [3.8, 4) is 11.8 Å². The molecule has 0 bridgehead atoms. The quantitative estimate of drug-likeness (QED) is 0.574. The average molecular weight is 307 g/mol. The molecule has 0 spiro atoms. The first-order valence-corrected chi connectivity index (χ1v) is 6.85. The minimum atomic E-state index is -4.34. The van der Waals surface area contributed by atoms with Gasteiger partial charge in [-0.3, -0.25) is 4.79 Å². The summed E-state index contributed by atoms with van der Waals surface area (Å²) in [5, 5.41) is 0. The van der Waals surface area contributed by atoms with Gasteiger partial charge in [-0.05, 0) is 43.7 Å². The molecule has 1 saturated heterocycles. The molecule has 1 aliphatic heterocycles. The SMILES string of the molecule is C=CC(=O)N1CCC(C)(C#Cc2ccc(C(F)(F)F)cc2)C1. The second kappa shape index (κ2) is 5.88. The minimum absolute atomic E-state index is 0.125. The van der Waals surface area contributed by atoms with Gasteiger partial charge in [0.15, 0.2) is 0 Å². The Bertz CT molecular complexity index is 637. The largest absolute Gasteiger partial charge is 0.416 e. The molecule has 0 N–H and O–H groups in total. The van der Waals surface area contributed by atoms with Crippen LogP contribution in [0.5, 0.6) is 0 Å². The van der Waals surface area contributed by atoms with Crippen LogP contribution in [0.15, 0.2) is 36.9 Å². The fourth-order valence-corrected chi connectivity index (χ4v) is 2.35. The maximum absolute atomic E-state index is 12.5. The fraction of sp³-hybridized carbons (Fsp3) is 0.353. The zero-order chi connectivity index (χ0) is 16.4. The van der Waals surface area contributed by atoms with E-state index in [0.717, 1.165) is 18.6 Å². The van der Waals surface area contributed by atoms with Crippen LogP contribution in [0.1, 0.15) is 24.5 Å². The number of nitrogens with zero attached hydrogens (tertiary/aromatic N) is 1. The first-order valence-electron chi connectivity index (χ1n) is 6.85. The molecule has 1 fully saturated rings. The summed E-state index contributed by atoms with van der Waals surface area (Å²) in [5.41, 5.74) is -0.503. The number of alkyl halides is 3. The van der Waals surface area contributed by atoms with Gasteiger partial charge < -0.3 is 4.90 Å². The number of hydrogen-bond acceptors (Lipinski definition) is 1. The molecule has 1 aromatic rings. The second-order valence-corrected chi connectivity index (χ2v) is 5.60. The van der Waals surface area contributed by atoms with Gasteiger partial charge in [-0.1, -0.05) is 18.4 Å². The highest BCUT2D eigenvalue weighted by Crippen LogP contribution is 2.30. The van der Waals surface area contributed by atoms with Gasteiger partial charge in [0.05, 0.1) is 5.56 Å². The summed E-state index contributed by atoms with van der Waals surface area (Å²) in [6.45, 7) is 6.52. The van der Waals surface area contributed by atoms with Gasteiger partial charge in [0.2, 0.25) is 5.91 Å². The van der Waals surface area contributed by atoms with Crippen molar-refractivity contribution in [2.45, 2.75) is 19.5 Å². The molecule has 1 aliphatic rings. The molecule has 5 heteroatoms. The summed E-state index contributed by atoms with van der Waals surface area (Å²) >= 11 is 0. The number of carbonyl (C=O) groups is 1. The maximum atomic E-state index is 12.5. The van der Waals surface area contributed by atoms with Crippen molar-refractivity contribution >= 4 is 5.91 Å². The third kappa shape index (κ3) is 3.70. The van der Waals surface area contributed by atoms with E-state index in [1.54, 1.807) is 4.90 Å². The number of carbonyl (C=O) groups excluding carboxylic acids is 1. The van der Waals surface area contributed by atoms with E-state index >= 15 is 0 Å². The Kier molecular flexibility index (Phi) is 4.32. The van der Waals surface area contributed by atoms with Crippen LogP contribution in [0.3, 0.4) is 0 Å². The highest BCUT2D eigenvalue weighted by atomic mass is 19.4. The lowest BCUT2D eigenvalue weighted by Crippen LogP contribution is -2.29. The molecule has 116 valence electrons. The lowest BCUT2D eigenvalue weighted by atomic mass is 9.90. The number of hydrogen-bond donors (Lipinski definition) is 0. The predicted octanol–water partition coefficient (Wildman–Crippen LogP) is 3.48. The number of rotatable bonds is 1. The van der Waals surface area contributed by atoms with Crippen molar-refractivity contribution in [3.63, 3.8) is 0 Å². The fourth-order valence-electron chi connectivity index (χ4n) is 2.35. The zero-order valence-corrected chi connectivity index (χ0v) is 12.2. The van der Waals surface area contributed by atoms with Gasteiger partial charge in [0, 0.05) is 24.1 Å². The summed E-state index contributed by atoms with van der Waals surface area (Å²) in [6, 6.07) is 4.77. The van der Waals surface area contributed by atoms with Crippen LogP contribution in [-0.4, -0.2) is 23.9 Å². The smallest absolute Gasteiger partial charge is 0.338 e. The Labute approximate surface area is 127 Å². The van der Waals surface area contributed by atoms with E-state index in [4.69, 9.17) is 0 Å². The number of benzene rings is 1. The topological polar surface area (TPSA) is 20.3 Å². The average Bonchev–Trinajstić information content (AvgIpc) is 2.87. The molecule has 0 aliphatic carbocycles. The first kappa shape index (κ1) is 16.2. The molecule has 0 aromatic heterocycles. The molecule has 0 saturated carbocycles. The third-order valence-electron chi connectivity index (χ3n) is 3.68. The first-order chi connectivity index (χ1) is 10.2. The van der Waals surface area contributed by atoms with E-state index in [9.17, 15) is 18.0 Å². The van der Waals surface area contributed by atoms with Gasteiger partial charge >= 0.3 is 6.18 Å². The van der Waals surface area contributed by atoms with E-state index in [2.05, 4.69) is 18.4 Å². The summed E-state index contributed by atoms with van der Waals surface area (Å²) in [5.74, 6) is 5.86. The lowest BCUT2D eigenvalue weighted by molar-refractivity contribution is -0.137. The lowest BCUT2D eigenvalue weighted by Gasteiger charge is -2.17. The molecule has 1 amide bonds. The summed E-state index contributed by atoms with van der Waals surface area (Å²) in [7, 11) is 0. The second-order valence-electron chi connectivity index (χ2n) is 5.60. The minimum Gasteiger partial charge on any atom is -0.338 e. The molecule has 2 rings (SSSR count). The van der Waals surface area contributed by atoms with Crippen molar-refractivity contribution < 1.29 is 18.0 Å². The van der Waals surface area contributed by atoms with Crippen LogP contribution in [0, 0.1) is 17.3 Å². The molecule has 2 nitrogen and oxygen atoms in total. The van der Waals surface area contributed by atoms with E-state index < -0.39 is 11.7 Å². The summed E-state index contributed by atoms with van der Waals surface area (Å²) in [6.07, 6.45) is -2.33. The molecule has 1 unspecified atom stereocenters. The monoisotopic (exact) mass is 307 g/mol. The van der Waals surface area contributed by atoms with Crippen LogP contribution in [0.25, 0.3) is 0 Å². The van der Waals surface area contributed by atoms with E-state index in [0.29, 0.717) is 18.7 Å². The maximum Gasteiger partial charge on any atom is 0.416 e. The highest BCUT2D eigenvalue weighted by Gasteiger charge is 2.34. The van der Waals surface area contributed by atoms with Crippen molar-refractivity contribution in [2.24, 2.45) is 5.41 Å². The van der Waals surface area contributed by atoms with Crippen LogP contribution < -0.4 is 0 Å². The van der Waals surface area contributed by atoms with Gasteiger partial charge in [-0.15, -0.1) is 0 Å². The van der Waals surface area contributed by atoms with Crippen molar-refractivity contribution in [1.29, 1.82) is 0 Å². The van der Waals surface area contributed by atoms with E-state index in [1.165, 1.54) is 18.2 Å². The van der Waals surface area contributed by atoms with Crippen LogP contribution in [0.2, 0.25) is 0 Å². The third-order valence-corrected chi connectivity index (χ3v) is 3.68. The van der Waals surface area contributed by atoms with Gasteiger partial charge in [0.25, 0.3) is 0 Å².